The van der Waals surface area contributed by atoms with Crippen molar-refractivity contribution in [3.05, 3.63) is 0 Å². The van der Waals surface area contributed by atoms with Gasteiger partial charge in [0.25, 0.3) is 0 Å². The van der Waals surface area contributed by atoms with Crippen LogP contribution in [0, 0.1) is 5.41 Å². The van der Waals surface area contributed by atoms with Crippen LogP contribution in [0.2, 0.25) is 0 Å². The monoisotopic (exact) mass is 277 g/mol. The van der Waals surface area contributed by atoms with E-state index in [4.69, 9.17) is 0 Å². The molecule has 0 aromatic rings. The van der Waals surface area contributed by atoms with Crippen molar-refractivity contribution in [1.29, 1.82) is 0 Å². The maximum Gasteiger partial charge on any atom is 0.211 e. The van der Waals surface area contributed by atoms with Gasteiger partial charge in [0.2, 0.25) is 10.0 Å². The Bertz CT molecular complexity index is 346. The van der Waals surface area contributed by atoms with Gasteiger partial charge in [-0.2, -0.15) is 0 Å². The Balaban J connectivity index is 2.53. The van der Waals surface area contributed by atoms with Crippen LogP contribution in [0.4, 0.5) is 0 Å². The molecule has 1 fully saturated rings. The number of hydrogen-bond acceptors (Lipinski definition) is 3. The molecular formula is C13H27NO3S. The summed E-state index contributed by atoms with van der Waals surface area (Å²) in [7, 11) is -3.27. The molecule has 0 aromatic heterocycles. The third kappa shape index (κ3) is 6.16. The largest absolute Gasteiger partial charge is 0.391 e. The van der Waals surface area contributed by atoms with Gasteiger partial charge in [0, 0.05) is 6.04 Å². The molecule has 0 aromatic carbocycles. The summed E-state index contributed by atoms with van der Waals surface area (Å²) in [4.78, 5) is 0. The zero-order valence-corrected chi connectivity index (χ0v) is 12.6. The van der Waals surface area contributed by atoms with E-state index >= 15 is 0 Å². The standard InChI is InChI=1S/C13H27NO3S/c1-13(2,3)9-10-18(16,17)14-11-7-5-4-6-8-12(11)15/h11-12,14-15H,4-10H2,1-3H3. The highest BCUT2D eigenvalue weighted by molar-refractivity contribution is 7.89. The number of hydrogen-bond donors (Lipinski definition) is 2. The lowest BCUT2D eigenvalue weighted by Gasteiger charge is -2.23. The van der Waals surface area contributed by atoms with Gasteiger partial charge in [-0.15, -0.1) is 0 Å². The number of nitrogens with one attached hydrogen (secondary N) is 1. The van der Waals surface area contributed by atoms with Crippen LogP contribution in [-0.4, -0.2) is 31.4 Å². The third-order valence-electron chi connectivity index (χ3n) is 3.43. The van der Waals surface area contributed by atoms with Crippen LogP contribution in [0.1, 0.15) is 59.3 Å². The van der Waals surface area contributed by atoms with E-state index in [1.807, 2.05) is 20.8 Å². The first-order chi connectivity index (χ1) is 8.20. The number of aliphatic hydroxyl groups is 1. The average molecular weight is 277 g/mol. The van der Waals surface area contributed by atoms with Gasteiger partial charge in [-0.05, 0) is 24.7 Å². The van der Waals surface area contributed by atoms with Crippen LogP contribution in [0.3, 0.4) is 0 Å². The second-order valence-electron chi connectivity index (χ2n) is 6.56. The normalized spacial score (nSPS) is 26.9. The second-order valence-corrected chi connectivity index (χ2v) is 8.43. The molecule has 4 nitrogen and oxygen atoms in total. The van der Waals surface area contributed by atoms with Crippen molar-refractivity contribution in [1.82, 2.24) is 4.72 Å². The quantitative estimate of drug-likeness (QED) is 0.773. The molecule has 0 amide bonds. The Kier molecular flexibility index (Phi) is 5.62. The molecule has 0 heterocycles. The van der Waals surface area contributed by atoms with E-state index in [-0.39, 0.29) is 17.2 Å². The molecule has 1 aliphatic rings. The zero-order chi connectivity index (χ0) is 13.8. The predicted molar refractivity (Wildman–Crippen MR) is 73.9 cm³/mol. The van der Waals surface area contributed by atoms with Crippen LogP contribution < -0.4 is 4.72 Å². The van der Waals surface area contributed by atoms with E-state index < -0.39 is 16.1 Å². The van der Waals surface area contributed by atoms with Crippen molar-refractivity contribution in [2.45, 2.75) is 71.4 Å². The van der Waals surface area contributed by atoms with Crippen LogP contribution in [0.15, 0.2) is 0 Å². The van der Waals surface area contributed by atoms with Crippen molar-refractivity contribution in [2.24, 2.45) is 5.41 Å². The summed E-state index contributed by atoms with van der Waals surface area (Å²) in [6, 6.07) is -0.294. The van der Waals surface area contributed by atoms with Gasteiger partial charge in [0.1, 0.15) is 0 Å². The van der Waals surface area contributed by atoms with Gasteiger partial charge < -0.3 is 5.11 Å². The van der Waals surface area contributed by atoms with E-state index in [0.717, 1.165) is 25.7 Å². The summed E-state index contributed by atoms with van der Waals surface area (Å²) >= 11 is 0. The molecule has 1 saturated carbocycles. The molecule has 1 aliphatic carbocycles. The van der Waals surface area contributed by atoms with E-state index in [9.17, 15) is 13.5 Å². The fraction of sp³-hybridized carbons (Fsp3) is 1.00. The SMILES string of the molecule is CC(C)(C)CCS(=O)(=O)NC1CCCCCC1O. The number of sulfonamides is 1. The van der Waals surface area contributed by atoms with Crippen LogP contribution in [-0.2, 0) is 10.0 Å². The zero-order valence-electron chi connectivity index (χ0n) is 11.8. The number of rotatable bonds is 4. The van der Waals surface area contributed by atoms with Crippen molar-refractivity contribution in [2.75, 3.05) is 5.75 Å². The average Bonchev–Trinajstić information content (AvgIpc) is 2.41. The fourth-order valence-electron chi connectivity index (χ4n) is 2.16. The summed E-state index contributed by atoms with van der Waals surface area (Å²) < 4.78 is 26.6. The number of aliphatic hydroxyl groups excluding tert-OH is 1. The van der Waals surface area contributed by atoms with Crippen molar-refractivity contribution < 1.29 is 13.5 Å². The van der Waals surface area contributed by atoms with Crippen molar-refractivity contribution in [3.63, 3.8) is 0 Å². The highest BCUT2D eigenvalue weighted by Gasteiger charge is 2.26. The molecule has 5 heteroatoms. The van der Waals surface area contributed by atoms with E-state index in [2.05, 4.69) is 4.72 Å². The Labute approximate surface area is 111 Å². The molecule has 0 saturated heterocycles. The minimum Gasteiger partial charge on any atom is -0.391 e. The van der Waals surface area contributed by atoms with Crippen LogP contribution in [0.25, 0.3) is 0 Å². The Morgan fingerprint density at radius 1 is 1.17 bits per heavy atom. The summed E-state index contributed by atoms with van der Waals surface area (Å²) in [5.41, 5.74) is 0.0107. The maximum atomic E-state index is 12.0. The minimum atomic E-state index is -3.27. The lowest BCUT2D eigenvalue weighted by Crippen LogP contribution is -2.43. The summed E-state index contributed by atoms with van der Waals surface area (Å²) in [5.74, 6) is 0.139. The molecule has 0 spiro atoms. The Morgan fingerprint density at radius 3 is 2.39 bits per heavy atom. The van der Waals surface area contributed by atoms with Gasteiger partial charge >= 0.3 is 0 Å². The smallest absolute Gasteiger partial charge is 0.211 e. The highest BCUT2D eigenvalue weighted by Crippen LogP contribution is 2.21. The second kappa shape index (κ2) is 6.35. The van der Waals surface area contributed by atoms with Gasteiger partial charge in [0.15, 0.2) is 0 Å². The Hall–Kier alpha value is -0.130. The molecule has 0 bridgehead atoms. The molecule has 2 unspecified atom stereocenters. The molecule has 1 rings (SSSR count). The molecule has 2 N–H and O–H groups in total. The molecule has 108 valence electrons. The highest BCUT2D eigenvalue weighted by atomic mass is 32.2. The predicted octanol–water partition coefficient (Wildman–Crippen LogP) is 2.04. The first-order valence-electron chi connectivity index (χ1n) is 6.88. The van der Waals surface area contributed by atoms with Crippen molar-refractivity contribution >= 4 is 10.0 Å². The molecule has 18 heavy (non-hydrogen) atoms. The summed E-state index contributed by atoms with van der Waals surface area (Å²) in [6.45, 7) is 6.09. The van der Waals surface area contributed by atoms with Gasteiger partial charge in [0.05, 0.1) is 11.9 Å². The summed E-state index contributed by atoms with van der Waals surface area (Å²) in [5, 5.41) is 9.91. The van der Waals surface area contributed by atoms with Crippen LogP contribution in [0.5, 0.6) is 0 Å². The molecule has 2 atom stereocenters. The van der Waals surface area contributed by atoms with Crippen LogP contribution >= 0.6 is 0 Å². The first kappa shape index (κ1) is 15.9. The van der Waals surface area contributed by atoms with Crippen molar-refractivity contribution in [3.8, 4) is 0 Å². The van der Waals surface area contributed by atoms with E-state index in [1.165, 1.54) is 0 Å². The maximum absolute atomic E-state index is 12.0. The summed E-state index contributed by atoms with van der Waals surface area (Å²) in [6.07, 6.45) is 4.60. The van der Waals surface area contributed by atoms with E-state index in [1.54, 1.807) is 0 Å². The van der Waals surface area contributed by atoms with Gasteiger partial charge in [-0.3, -0.25) is 0 Å². The lowest BCUT2D eigenvalue weighted by atomic mass is 9.94. The van der Waals surface area contributed by atoms with Gasteiger partial charge in [-0.1, -0.05) is 40.0 Å². The molecule has 0 radical (unpaired) electrons. The van der Waals surface area contributed by atoms with Gasteiger partial charge in [-0.25, -0.2) is 13.1 Å². The third-order valence-corrected chi connectivity index (χ3v) is 4.83. The first-order valence-corrected chi connectivity index (χ1v) is 8.53. The van der Waals surface area contributed by atoms with E-state index in [0.29, 0.717) is 12.8 Å². The topological polar surface area (TPSA) is 66.4 Å². The minimum absolute atomic E-state index is 0.0107. The molecular weight excluding hydrogens is 250 g/mol. The fourth-order valence-corrected chi connectivity index (χ4v) is 3.89. The lowest BCUT2D eigenvalue weighted by molar-refractivity contribution is 0.130. The molecule has 0 aliphatic heterocycles. The Morgan fingerprint density at radius 2 is 1.78 bits per heavy atom.